The lowest BCUT2D eigenvalue weighted by Gasteiger charge is -2.22. The highest BCUT2D eigenvalue weighted by molar-refractivity contribution is 6.11. The van der Waals surface area contributed by atoms with Crippen molar-refractivity contribution in [2.24, 2.45) is 0 Å². The number of hydrogen-bond donors (Lipinski definition) is 1. The molecule has 2 aliphatic heterocycles. The smallest absolute Gasteiger partial charge is 0.296 e. The Balaban J connectivity index is 1.42. The Hall–Kier alpha value is -4.05. The number of ether oxygens (including phenoxy) is 1. The number of nitrogens with one attached hydrogen (secondary N) is 1. The Kier molecular flexibility index (Phi) is 6.51. The van der Waals surface area contributed by atoms with Gasteiger partial charge >= 0.3 is 0 Å². The monoisotopic (exact) mass is 504 g/mol. The standard InChI is InChI=1S/C27H32N6O4/c1-6-36-23-13-17(26(34)33-11-9-18(16-33)30(2)3)7-8-19(23)29-24-14-21-22(15-28-24)32(5)27(35)25-20(31(21)4)10-12-37-25/h7-8,10,12-15,18H,6,9,11,16H2,1-5H3,(H,28,29)/t18-/m1/s1. The molecule has 5 rings (SSSR count). The molecule has 2 aromatic heterocycles. The van der Waals surface area contributed by atoms with Crippen LogP contribution in [0.1, 0.15) is 34.3 Å². The summed E-state index contributed by atoms with van der Waals surface area (Å²) < 4.78 is 11.4. The molecule has 1 N–H and O–H groups in total. The zero-order valence-electron chi connectivity index (χ0n) is 21.8. The third-order valence-corrected chi connectivity index (χ3v) is 7.06. The average Bonchev–Trinajstić information content (AvgIpc) is 3.57. The molecule has 2 amide bonds. The van der Waals surface area contributed by atoms with Crippen LogP contribution in [0, 0.1) is 0 Å². The van der Waals surface area contributed by atoms with E-state index in [1.54, 1.807) is 25.4 Å². The van der Waals surface area contributed by atoms with Crippen LogP contribution in [0.2, 0.25) is 0 Å². The van der Waals surface area contributed by atoms with Crippen molar-refractivity contribution in [2.75, 3.05) is 63.0 Å². The number of carbonyl (C=O) groups is 2. The van der Waals surface area contributed by atoms with Crippen LogP contribution in [0.4, 0.5) is 28.6 Å². The summed E-state index contributed by atoms with van der Waals surface area (Å²) >= 11 is 0. The number of benzene rings is 1. The van der Waals surface area contributed by atoms with Gasteiger partial charge in [-0.15, -0.1) is 0 Å². The maximum atomic E-state index is 13.2. The van der Waals surface area contributed by atoms with Gasteiger partial charge in [0.25, 0.3) is 11.8 Å². The lowest BCUT2D eigenvalue weighted by atomic mass is 10.1. The summed E-state index contributed by atoms with van der Waals surface area (Å²) in [5, 5.41) is 3.33. The van der Waals surface area contributed by atoms with E-state index in [0.717, 1.165) is 25.2 Å². The van der Waals surface area contributed by atoms with Crippen LogP contribution in [0.15, 0.2) is 47.2 Å². The van der Waals surface area contributed by atoms with Gasteiger partial charge in [0.2, 0.25) is 5.76 Å². The zero-order chi connectivity index (χ0) is 26.3. The van der Waals surface area contributed by atoms with Crippen LogP contribution in [0.5, 0.6) is 5.75 Å². The van der Waals surface area contributed by atoms with Gasteiger partial charge < -0.3 is 34.1 Å². The van der Waals surface area contributed by atoms with Crippen LogP contribution in [0.25, 0.3) is 0 Å². The van der Waals surface area contributed by atoms with Crippen molar-refractivity contribution in [3.63, 3.8) is 0 Å². The summed E-state index contributed by atoms with van der Waals surface area (Å²) in [4.78, 5) is 38.1. The molecular weight excluding hydrogens is 472 g/mol. The number of anilines is 5. The molecule has 0 saturated carbocycles. The van der Waals surface area contributed by atoms with Crippen molar-refractivity contribution in [2.45, 2.75) is 19.4 Å². The highest BCUT2D eigenvalue weighted by Gasteiger charge is 2.31. The second kappa shape index (κ2) is 9.78. The van der Waals surface area contributed by atoms with Crippen LogP contribution in [-0.2, 0) is 0 Å². The van der Waals surface area contributed by atoms with Crippen molar-refractivity contribution in [1.82, 2.24) is 14.8 Å². The molecule has 1 atom stereocenters. The number of hydrogen-bond acceptors (Lipinski definition) is 8. The summed E-state index contributed by atoms with van der Waals surface area (Å²) in [5.41, 5.74) is 3.43. The van der Waals surface area contributed by atoms with Gasteiger partial charge in [-0.3, -0.25) is 9.59 Å². The number of pyridine rings is 1. The second-order valence-electron chi connectivity index (χ2n) is 9.54. The van der Waals surface area contributed by atoms with E-state index >= 15 is 0 Å². The number of furan rings is 1. The second-order valence-corrected chi connectivity index (χ2v) is 9.54. The molecule has 10 nitrogen and oxygen atoms in total. The largest absolute Gasteiger partial charge is 0.492 e. The number of nitrogens with zero attached hydrogens (tertiary/aromatic N) is 5. The van der Waals surface area contributed by atoms with Gasteiger partial charge in [-0.05, 0) is 45.6 Å². The molecule has 10 heteroatoms. The first-order valence-corrected chi connectivity index (χ1v) is 12.4. The third-order valence-electron chi connectivity index (χ3n) is 7.06. The zero-order valence-corrected chi connectivity index (χ0v) is 21.8. The van der Waals surface area contributed by atoms with Gasteiger partial charge in [0.1, 0.15) is 11.6 Å². The normalized spacial score (nSPS) is 17.1. The Morgan fingerprint density at radius 1 is 1.16 bits per heavy atom. The van der Waals surface area contributed by atoms with Crippen LogP contribution >= 0.6 is 0 Å². The minimum atomic E-state index is -0.234. The Morgan fingerprint density at radius 2 is 1.97 bits per heavy atom. The first kappa shape index (κ1) is 24.6. The Labute approximate surface area is 216 Å². The van der Waals surface area contributed by atoms with Crippen molar-refractivity contribution < 1.29 is 18.7 Å². The highest BCUT2D eigenvalue weighted by Crippen LogP contribution is 2.41. The minimum absolute atomic E-state index is 0.00487. The number of likely N-dealkylation sites (N-methyl/N-ethyl adjacent to an activating group) is 1. The molecule has 0 radical (unpaired) electrons. The molecule has 4 heterocycles. The highest BCUT2D eigenvalue weighted by atomic mass is 16.5. The summed E-state index contributed by atoms with van der Waals surface area (Å²) in [7, 11) is 7.68. The third kappa shape index (κ3) is 4.48. The van der Waals surface area contributed by atoms with E-state index in [-0.39, 0.29) is 17.6 Å². The maximum absolute atomic E-state index is 13.2. The van der Waals surface area contributed by atoms with E-state index in [4.69, 9.17) is 9.15 Å². The Bertz CT molecular complexity index is 1340. The summed E-state index contributed by atoms with van der Waals surface area (Å²) in [6.07, 6.45) is 4.14. The van der Waals surface area contributed by atoms with E-state index in [1.165, 1.54) is 11.2 Å². The molecule has 37 heavy (non-hydrogen) atoms. The molecule has 0 aliphatic carbocycles. The number of aromatic nitrogens is 1. The van der Waals surface area contributed by atoms with Gasteiger partial charge in [-0.1, -0.05) is 0 Å². The lowest BCUT2D eigenvalue weighted by Crippen LogP contribution is -2.34. The first-order valence-electron chi connectivity index (χ1n) is 12.4. The fourth-order valence-electron chi connectivity index (χ4n) is 4.85. The van der Waals surface area contributed by atoms with Gasteiger partial charge in [0.15, 0.2) is 0 Å². The molecular formula is C27H32N6O4. The Morgan fingerprint density at radius 3 is 2.70 bits per heavy atom. The number of carbonyl (C=O) groups excluding carboxylic acids is 2. The minimum Gasteiger partial charge on any atom is -0.492 e. The molecule has 1 saturated heterocycles. The maximum Gasteiger partial charge on any atom is 0.296 e. The SMILES string of the molecule is CCOc1cc(C(=O)N2CC[C@@H](N(C)C)C2)ccc1Nc1cc2c(cn1)N(C)C(=O)c1occc1N2C. The molecule has 1 aromatic carbocycles. The van der Waals surface area contributed by atoms with E-state index < -0.39 is 0 Å². The summed E-state index contributed by atoms with van der Waals surface area (Å²) in [5.74, 6) is 1.20. The van der Waals surface area contributed by atoms with E-state index in [9.17, 15) is 9.59 Å². The van der Waals surface area contributed by atoms with Crippen LogP contribution in [-0.4, -0.2) is 80.5 Å². The number of amides is 2. The predicted octanol–water partition coefficient (Wildman–Crippen LogP) is 3.95. The summed E-state index contributed by atoms with van der Waals surface area (Å²) in [6.45, 7) is 3.83. The van der Waals surface area contributed by atoms with Crippen molar-refractivity contribution in [1.29, 1.82) is 0 Å². The average molecular weight is 505 g/mol. The topological polar surface area (TPSA) is 94.4 Å². The van der Waals surface area contributed by atoms with Gasteiger partial charge in [0, 0.05) is 50.9 Å². The molecule has 2 aliphatic rings. The fraction of sp³-hybridized carbons (Fsp3) is 0.370. The van der Waals surface area contributed by atoms with Gasteiger partial charge in [0.05, 0.1) is 41.8 Å². The number of rotatable bonds is 6. The molecule has 0 unspecified atom stereocenters. The first-order chi connectivity index (χ1) is 17.8. The van der Waals surface area contributed by atoms with E-state index in [1.807, 2.05) is 56.1 Å². The van der Waals surface area contributed by atoms with E-state index in [0.29, 0.717) is 46.8 Å². The van der Waals surface area contributed by atoms with Crippen molar-refractivity contribution >= 4 is 40.4 Å². The predicted molar refractivity (Wildman–Crippen MR) is 143 cm³/mol. The molecule has 0 spiro atoms. The van der Waals surface area contributed by atoms with Crippen molar-refractivity contribution in [3.8, 4) is 5.75 Å². The van der Waals surface area contributed by atoms with Gasteiger partial charge in [-0.2, -0.15) is 0 Å². The fourth-order valence-corrected chi connectivity index (χ4v) is 4.85. The molecule has 194 valence electrons. The molecule has 3 aromatic rings. The van der Waals surface area contributed by atoms with E-state index in [2.05, 4.69) is 15.2 Å². The quantitative estimate of drug-likeness (QED) is 0.539. The van der Waals surface area contributed by atoms with Crippen molar-refractivity contribution in [3.05, 3.63) is 54.1 Å². The van der Waals surface area contributed by atoms with Gasteiger partial charge in [-0.25, -0.2) is 4.98 Å². The molecule has 1 fully saturated rings. The summed E-state index contributed by atoms with van der Waals surface area (Å²) in [6, 6.07) is 9.47. The van der Waals surface area contributed by atoms with Crippen LogP contribution < -0.4 is 19.9 Å². The van der Waals surface area contributed by atoms with Crippen LogP contribution in [0.3, 0.4) is 0 Å². The lowest BCUT2D eigenvalue weighted by molar-refractivity contribution is 0.0782. The molecule has 0 bridgehead atoms. The number of likely N-dealkylation sites (tertiary alicyclic amines) is 1. The number of fused-ring (bicyclic) bond motifs is 2.